The number of benzene rings is 1. The Balaban J connectivity index is 3.07. The monoisotopic (exact) mass is 299 g/mol. The van der Waals surface area contributed by atoms with E-state index in [1.807, 2.05) is 0 Å². The first-order valence-corrected chi connectivity index (χ1v) is 7.34. The molecule has 0 aliphatic carbocycles. The summed E-state index contributed by atoms with van der Waals surface area (Å²) in [6.45, 7) is -0.0555. The number of aliphatic hydroxyl groups is 1. The van der Waals surface area contributed by atoms with Crippen LogP contribution in [-0.2, 0) is 14.8 Å². The van der Waals surface area contributed by atoms with Crippen LogP contribution >= 0.6 is 0 Å². The summed E-state index contributed by atoms with van der Waals surface area (Å²) in [4.78, 5) is -0.145. The standard InChI is InChI=1S/C12H17N3O4S/c1-19-8-11(4-5-16)15-20(17,18)12-3-2-10(14)6-9(12)7-13/h2-3,6,11,15-16H,4-5,8,14H2,1H3. The molecule has 8 heteroatoms. The summed E-state index contributed by atoms with van der Waals surface area (Å²) in [5.74, 6) is 0. The summed E-state index contributed by atoms with van der Waals surface area (Å²) in [7, 11) is -2.45. The molecule has 1 unspecified atom stereocenters. The molecule has 4 N–H and O–H groups in total. The highest BCUT2D eigenvalue weighted by atomic mass is 32.2. The van der Waals surface area contributed by atoms with Gasteiger partial charge in [0.2, 0.25) is 10.0 Å². The highest BCUT2D eigenvalue weighted by Crippen LogP contribution is 2.18. The number of aliphatic hydroxyl groups excluding tert-OH is 1. The molecule has 1 aromatic rings. The Kier molecular flexibility index (Phi) is 5.91. The van der Waals surface area contributed by atoms with Crippen molar-refractivity contribution in [2.45, 2.75) is 17.4 Å². The van der Waals surface area contributed by atoms with Crippen LogP contribution in [0, 0.1) is 11.3 Å². The van der Waals surface area contributed by atoms with Gasteiger partial charge in [-0.25, -0.2) is 13.1 Å². The molecule has 0 spiro atoms. The fourth-order valence-corrected chi connectivity index (χ4v) is 3.08. The lowest BCUT2D eigenvalue weighted by Crippen LogP contribution is -2.38. The molecule has 0 fully saturated rings. The minimum atomic E-state index is -3.88. The van der Waals surface area contributed by atoms with Crippen molar-refractivity contribution in [3.63, 3.8) is 0 Å². The van der Waals surface area contributed by atoms with Gasteiger partial charge in [-0.3, -0.25) is 0 Å². The van der Waals surface area contributed by atoms with Gasteiger partial charge in [-0.15, -0.1) is 0 Å². The number of hydrogen-bond acceptors (Lipinski definition) is 6. The first-order chi connectivity index (χ1) is 9.44. The fourth-order valence-electron chi connectivity index (χ4n) is 1.69. The number of nitrogens with two attached hydrogens (primary N) is 1. The van der Waals surface area contributed by atoms with E-state index < -0.39 is 16.1 Å². The highest BCUT2D eigenvalue weighted by molar-refractivity contribution is 7.89. The maximum atomic E-state index is 12.2. The molecule has 7 nitrogen and oxygen atoms in total. The number of ether oxygens (including phenoxy) is 1. The smallest absolute Gasteiger partial charge is 0.242 e. The van der Waals surface area contributed by atoms with Gasteiger partial charge < -0.3 is 15.6 Å². The topological polar surface area (TPSA) is 125 Å². The van der Waals surface area contributed by atoms with E-state index in [9.17, 15) is 8.42 Å². The summed E-state index contributed by atoms with van der Waals surface area (Å²) in [6.07, 6.45) is 0.212. The van der Waals surface area contributed by atoms with Crippen molar-refractivity contribution in [2.24, 2.45) is 0 Å². The van der Waals surface area contributed by atoms with Crippen molar-refractivity contribution >= 4 is 15.7 Å². The molecule has 0 bridgehead atoms. The molecule has 0 amide bonds. The second-order valence-corrected chi connectivity index (χ2v) is 5.84. The van der Waals surface area contributed by atoms with Crippen LogP contribution in [0.5, 0.6) is 0 Å². The Hall–Kier alpha value is -1.66. The van der Waals surface area contributed by atoms with Gasteiger partial charge in [-0.05, 0) is 24.6 Å². The molecule has 0 saturated heterocycles. The number of sulfonamides is 1. The lowest BCUT2D eigenvalue weighted by molar-refractivity contribution is 0.158. The zero-order valence-corrected chi connectivity index (χ0v) is 11.9. The van der Waals surface area contributed by atoms with Crippen molar-refractivity contribution < 1.29 is 18.3 Å². The SMILES string of the molecule is COCC(CCO)NS(=O)(=O)c1ccc(N)cc1C#N. The summed E-state index contributed by atoms with van der Waals surface area (Å²) in [5.41, 5.74) is 5.80. The van der Waals surface area contributed by atoms with Crippen LogP contribution in [-0.4, -0.2) is 39.9 Å². The minimum absolute atomic E-state index is 0.0299. The van der Waals surface area contributed by atoms with E-state index in [2.05, 4.69) is 4.72 Å². The molecule has 0 aromatic heterocycles. The van der Waals surface area contributed by atoms with Gasteiger partial charge in [0.1, 0.15) is 6.07 Å². The van der Waals surface area contributed by atoms with E-state index in [-0.39, 0.29) is 30.1 Å². The van der Waals surface area contributed by atoms with Crippen molar-refractivity contribution in [3.8, 4) is 6.07 Å². The first-order valence-electron chi connectivity index (χ1n) is 5.86. The molecule has 110 valence electrons. The summed E-state index contributed by atoms with van der Waals surface area (Å²) >= 11 is 0. The molecule has 1 rings (SSSR count). The number of nitrogens with zero attached hydrogens (tertiary/aromatic N) is 1. The molecule has 20 heavy (non-hydrogen) atoms. The van der Waals surface area contributed by atoms with E-state index in [1.54, 1.807) is 6.07 Å². The van der Waals surface area contributed by atoms with Gasteiger partial charge >= 0.3 is 0 Å². The number of nitrogen functional groups attached to an aromatic ring is 1. The van der Waals surface area contributed by atoms with Crippen LogP contribution in [0.3, 0.4) is 0 Å². The molecule has 0 saturated carbocycles. The minimum Gasteiger partial charge on any atom is -0.399 e. The van der Waals surface area contributed by atoms with Crippen molar-refractivity contribution in [1.82, 2.24) is 4.72 Å². The normalized spacial score (nSPS) is 12.8. The number of nitrogens with one attached hydrogen (secondary N) is 1. The Bertz CT molecular complexity index is 589. The highest BCUT2D eigenvalue weighted by Gasteiger charge is 2.22. The van der Waals surface area contributed by atoms with Gasteiger partial charge in [-0.2, -0.15) is 5.26 Å². The second-order valence-electron chi connectivity index (χ2n) is 4.15. The quantitative estimate of drug-likeness (QED) is 0.599. The van der Waals surface area contributed by atoms with Gasteiger partial charge in [0, 0.05) is 25.4 Å². The average molecular weight is 299 g/mol. The second kappa shape index (κ2) is 7.21. The molecule has 0 radical (unpaired) electrons. The third-order valence-electron chi connectivity index (χ3n) is 2.58. The average Bonchev–Trinajstić information content (AvgIpc) is 2.38. The van der Waals surface area contributed by atoms with Crippen LogP contribution in [0.1, 0.15) is 12.0 Å². The largest absolute Gasteiger partial charge is 0.399 e. The van der Waals surface area contributed by atoms with E-state index in [1.165, 1.54) is 25.3 Å². The van der Waals surface area contributed by atoms with Crippen molar-refractivity contribution in [1.29, 1.82) is 5.26 Å². The Morgan fingerprint density at radius 1 is 1.55 bits per heavy atom. The lowest BCUT2D eigenvalue weighted by Gasteiger charge is -2.17. The number of nitriles is 1. The number of anilines is 1. The van der Waals surface area contributed by atoms with E-state index in [4.69, 9.17) is 20.8 Å². The van der Waals surface area contributed by atoms with Crippen molar-refractivity contribution in [3.05, 3.63) is 23.8 Å². The maximum absolute atomic E-state index is 12.2. The Labute approximate surface area is 118 Å². The lowest BCUT2D eigenvalue weighted by atomic mass is 10.2. The number of methoxy groups -OCH3 is 1. The van der Waals surface area contributed by atoms with Gasteiger partial charge in [0.05, 0.1) is 17.1 Å². The molecule has 0 aliphatic heterocycles. The van der Waals surface area contributed by atoms with Crippen LogP contribution in [0.2, 0.25) is 0 Å². The molecular formula is C12H17N3O4S. The van der Waals surface area contributed by atoms with Gasteiger partial charge in [-0.1, -0.05) is 0 Å². The predicted molar refractivity (Wildman–Crippen MR) is 73.3 cm³/mol. The van der Waals surface area contributed by atoms with Crippen molar-refractivity contribution in [2.75, 3.05) is 26.1 Å². The third-order valence-corrected chi connectivity index (χ3v) is 4.16. The molecule has 1 atom stereocenters. The van der Waals surface area contributed by atoms with Crippen LogP contribution in [0.4, 0.5) is 5.69 Å². The van der Waals surface area contributed by atoms with Gasteiger partial charge in [0.15, 0.2) is 0 Å². The Morgan fingerprint density at radius 2 is 2.25 bits per heavy atom. The molecule has 1 aromatic carbocycles. The predicted octanol–water partition coefficient (Wildman–Crippen LogP) is -0.184. The van der Waals surface area contributed by atoms with Crippen LogP contribution in [0.25, 0.3) is 0 Å². The number of rotatable bonds is 7. The van der Waals surface area contributed by atoms with Gasteiger partial charge in [0.25, 0.3) is 0 Å². The van der Waals surface area contributed by atoms with E-state index >= 15 is 0 Å². The summed E-state index contributed by atoms with van der Waals surface area (Å²) < 4.78 is 31.8. The fraction of sp³-hybridized carbons (Fsp3) is 0.417. The van der Waals surface area contributed by atoms with Crippen LogP contribution in [0.15, 0.2) is 23.1 Å². The summed E-state index contributed by atoms with van der Waals surface area (Å²) in [5, 5.41) is 17.9. The van der Waals surface area contributed by atoms with E-state index in [0.717, 1.165) is 0 Å². The number of hydrogen-bond donors (Lipinski definition) is 3. The maximum Gasteiger partial charge on any atom is 0.242 e. The Morgan fingerprint density at radius 3 is 2.80 bits per heavy atom. The van der Waals surface area contributed by atoms with E-state index in [0.29, 0.717) is 5.69 Å². The molecule has 0 heterocycles. The third kappa shape index (κ3) is 4.18. The zero-order valence-electron chi connectivity index (χ0n) is 11.0. The molecular weight excluding hydrogens is 282 g/mol. The molecule has 0 aliphatic rings. The first kappa shape index (κ1) is 16.4. The van der Waals surface area contributed by atoms with Crippen LogP contribution < -0.4 is 10.5 Å². The summed E-state index contributed by atoms with van der Waals surface area (Å²) in [6, 6.07) is 5.21. The zero-order chi connectivity index (χ0) is 15.2.